The molecule has 2 aromatic rings. The summed E-state index contributed by atoms with van der Waals surface area (Å²) in [5.41, 5.74) is 5.82. The molecule has 2 rings (SSSR count). The minimum Gasteiger partial charge on any atom is -0.395 e. The molecule has 0 saturated carbocycles. The SMILES string of the molecule is CC(=O)c1nc(Cc2ccc(F)cc2)c(F)c(N)c1Cl. The molecule has 3 nitrogen and oxygen atoms in total. The Morgan fingerprint density at radius 2 is 1.90 bits per heavy atom. The number of pyridine rings is 1. The highest BCUT2D eigenvalue weighted by molar-refractivity contribution is 6.36. The highest BCUT2D eigenvalue weighted by Crippen LogP contribution is 2.28. The Balaban J connectivity index is 2.46. The van der Waals surface area contributed by atoms with E-state index in [1.54, 1.807) is 0 Å². The number of nitrogen functional groups attached to an aromatic ring is 1. The van der Waals surface area contributed by atoms with Crippen molar-refractivity contribution in [3.8, 4) is 0 Å². The molecule has 20 heavy (non-hydrogen) atoms. The topological polar surface area (TPSA) is 56.0 Å². The summed E-state index contributed by atoms with van der Waals surface area (Å²) >= 11 is 5.79. The van der Waals surface area contributed by atoms with Gasteiger partial charge in [0.2, 0.25) is 0 Å². The first-order valence-corrected chi connectivity index (χ1v) is 6.16. The van der Waals surface area contributed by atoms with E-state index in [0.717, 1.165) is 0 Å². The molecule has 0 aliphatic heterocycles. The third-order valence-electron chi connectivity index (χ3n) is 2.80. The van der Waals surface area contributed by atoms with E-state index in [9.17, 15) is 13.6 Å². The molecule has 0 aliphatic carbocycles. The molecule has 0 fully saturated rings. The first-order chi connectivity index (χ1) is 9.40. The van der Waals surface area contributed by atoms with Gasteiger partial charge in [0.1, 0.15) is 11.5 Å². The van der Waals surface area contributed by atoms with Crippen molar-refractivity contribution in [1.29, 1.82) is 0 Å². The zero-order valence-corrected chi connectivity index (χ0v) is 11.3. The quantitative estimate of drug-likeness (QED) is 0.883. The van der Waals surface area contributed by atoms with Crippen molar-refractivity contribution >= 4 is 23.1 Å². The summed E-state index contributed by atoms with van der Waals surface area (Å²) < 4.78 is 26.8. The van der Waals surface area contributed by atoms with Crippen LogP contribution in [0.4, 0.5) is 14.5 Å². The first-order valence-electron chi connectivity index (χ1n) is 5.79. The van der Waals surface area contributed by atoms with Gasteiger partial charge >= 0.3 is 0 Å². The van der Waals surface area contributed by atoms with Crippen LogP contribution in [-0.4, -0.2) is 10.8 Å². The van der Waals surface area contributed by atoms with Crippen LogP contribution in [0.15, 0.2) is 24.3 Å². The van der Waals surface area contributed by atoms with E-state index >= 15 is 0 Å². The number of carbonyl (C=O) groups is 1. The van der Waals surface area contributed by atoms with Crippen molar-refractivity contribution in [2.45, 2.75) is 13.3 Å². The van der Waals surface area contributed by atoms with E-state index in [2.05, 4.69) is 4.98 Å². The van der Waals surface area contributed by atoms with Crippen molar-refractivity contribution < 1.29 is 13.6 Å². The van der Waals surface area contributed by atoms with Crippen LogP contribution >= 0.6 is 11.6 Å². The van der Waals surface area contributed by atoms with Gasteiger partial charge in [0, 0.05) is 13.3 Å². The minimum absolute atomic E-state index is 0.00343. The third kappa shape index (κ3) is 2.77. The van der Waals surface area contributed by atoms with Gasteiger partial charge in [-0.15, -0.1) is 0 Å². The summed E-state index contributed by atoms with van der Waals surface area (Å²) in [5, 5.41) is -0.183. The second-order valence-electron chi connectivity index (χ2n) is 4.31. The highest BCUT2D eigenvalue weighted by atomic mass is 35.5. The predicted octanol–water partition coefficient (Wildman–Crippen LogP) is 3.39. The van der Waals surface area contributed by atoms with Gasteiger partial charge in [0.05, 0.1) is 16.4 Å². The third-order valence-corrected chi connectivity index (χ3v) is 3.18. The van der Waals surface area contributed by atoms with Crippen molar-refractivity contribution in [2.75, 3.05) is 5.73 Å². The Kier molecular flexibility index (Phi) is 3.99. The van der Waals surface area contributed by atoms with Crippen molar-refractivity contribution in [1.82, 2.24) is 4.98 Å². The Morgan fingerprint density at radius 1 is 1.30 bits per heavy atom. The largest absolute Gasteiger partial charge is 0.395 e. The smallest absolute Gasteiger partial charge is 0.179 e. The Morgan fingerprint density at radius 3 is 2.45 bits per heavy atom. The predicted molar refractivity (Wildman–Crippen MR) is 72.8 cm³/mol. The van der Waals surface area contributed by atoms with Gasteiger partial charge < -0.3 is 5.73 Å². The molecule has 1 aromatic carbocycles. The Bertz CT molecular complexity index is 672. The van der Waals surface area contributed by atoms with Gasteiger partial charge in [-0.3, -0.25) is 4.79 Å². The van der Waals surface area contributed by atoms with Crippen LogP contribution in [0.1, 0.15) is 28.7 Å². The van der Waals surface area contributed by atoms with Gasteiger partial charge in [-0.25, -0.2) is 13.8 Å². The molecule has 0 amide bonds. The van der Waals surface area contributed by atoms with Crippen LogP contribution in [0.2, 0.25) is 5.02 Å². The molecule has 0 radical (unpaired) electrons. The van der Waals surface area contributed by atoms with Gasteiger partial charge in [-0.05, 0) is 17.7 Å². The number of aromatic nitrogens is 1. The number of nitrogens with zero attached hydrogens (tertiary/aromatic N) is 1. The molecule has 2 N–H and O–H groups in total. The molecule has 0 saturated heterocycles. The first kappa shape index (κ1) is 14.4. The summed E-state index contributed by atoms with van der Waals surface area (Å²) in [6, 6.07) is 5.54. The number of anilines is 1. The number of Topliss-reactive ketones (excluding diaryl/α,β-unsaturated/α-hetero) is 1. The van der Waals surface area contributed by atoms with Gasteiger partial charge in [-0.2, -0.15) is 0 Å². The lowest BCUT2D eigenvalue weighted by Gasteiger charge is -2.10. The number of ketones is 1. The Labute approximate surface area is 119 Å². The number of halogens is 3. The summed E-state index contributed by atoms with van der Waals surface area (Å²) in [7, 11) is 0. The standard InChI is InChI=1S/C14H11ClF2N2O/c1-7(20)14-11(15)13(18)12(17)10(19-14)6-8-2-4-9(16)5-3-8/h2-5H,6H2,1H3,(H2,18,19). The molecular weight excluding hydrogens is 286 g/mol. The van der Waals surface area contributed by atoms with Crippen LogP contribution in [-0.2, 0) is 6.42 Å². The van der Waals surface area contributed by atoms with E-state index in [0.29, 0.717) is 5.56 Å². The van der Waals surface area contributed by atoms with Gasteiger partial charge in [0.15, 0.2) is 11.6 Å². The van der Waals surface area contributed by atoms with Gasteiger partial charge in [0.25, 0.3) is 0 Å². The maximum absolute atomic E-state index is 14.0. The summed E-state index contributed by atoms with van der Waals surface area (Å²) in [4.78, 5) is 15.3. The summed E-state index contributed by atoms with van der Waals surface area (Å²) in [6.45, 7) is 1.27. The fourth-order valence-electron chi connectivity index (χ4n) is 1.76. The van der Waals surface area contributed by atoms with Crippen molar-refractivity contribution in [2.24, 2.45) is 0 Å². The average Bonchev–Trinajstić information content (AvgIpc) is 2.41. The fraction of sp³-hybridized carbons (Fsp3) is 0.143. The molecule has 1 heterocycles. The Hall–Kier alpha value is -2.01. The average molecular weight is 297 g/mol. The monoisotopic (exact) mass is 296 g/mol. The summed E-state index contributed by atoms with van der Waals surface area (Å²) in [5.74, 6) is -1.55. The number of hydrogen-bond acceptors (Lipinski definition) is 3. The zero-order chi connectivity index (χ0) is 14.9. The van der Waals surface area contributed by atoms with Crippen molar-refractivity contribution in [3.05, 3.63) is 57.9 Å². The molecule has 6 heteroatoms. The second-order valence-corrected chi connectivity index (χ2v) is 4.69. The molecule has 1 aromatic heterocycles. The lowest BCUT2D eigenvalue weighted by molar-refractivity contribution is 0.101. The number of nitrogens with two attached hydrogens (primary N) is 1. The number of carbonyl (C=O) groups excluding carboxylic acids is 1. The zero-order valence-electron chi connectivity index (χ0n) is 10.6. The van der Waals surface area contributed by atoms with Gasteiger partial charge in [-0.1, -0.05) is 23.7 Å². The second kappa shape index (κ2) is 5.54. The highest BCUT2D eigenvalue weighted by Gasteiger charge is 2.19. The minimum atomic E-state index is -0.760. The molecule has 0 aliphatic rings. The normalized spacial score (nSPS) is 10.6. The summed E-state index contributed by atoms with van der Waals surface area (Å²) in [6.07, 6.45) is 0.0910. The molecule has 0 atom stereocenters. The van der Waals surface area contributed by atoms with Crippen LogP contribution in [0.25, 0.3) is 0 Å². The van der Waals surface area contributed by atoms with E-state index in [-0.39, 0.29) is 34.3 Å². The molecule has 0 spiro atoms. The molecule has 0 bridgehead atoms. The molecular formula is C14H11ClF2N2O. The molecule has 104 valence electrons. The maximum atomic E-state index is 14.0. The molecule has 0 unspecified atom stereocenters. The van der Waals surface area contributed by atoms with E-state index < -0.39 is 11.6 Å². The lowest BCUT2D eigenvalue weighted by Crippen LogP contribution is -2.09. The van der Waals surface area contributed by atoms with E-state index in [4.69, 9.17) is 17.3 Å². The van der Waals surface area contributed by atoms with Crippen molar-refractivity contribution in [3.63, 3.8) is 0 Å². The lowest BCUT2D eigenvalue weighted by atomic mass is 10.1. The van der Waals surface area contributed by atoms with Crippen LogP contribution in [0.5, 0.6) is 0 Å². The van der Waals surface area contributed by atoms with Crippen LogP contribution < -0.4 is 5.73 Å². The van der Waals surface area contributed by atoms with Crippen LogP contribution in [0.3, 0.4) is 0 Å². The van der Waals surface area contributed by atoms with Crippen LogP contribution in [0, 0.1) is 11.6 Å². The fourth-order valence-corrected chi connectivity index (χ4v) is 2.02. The van der Waals surface area contributed by atoms with E-state index in [1.807, 2.05) is 0 Å². The maximum Gasteiger partial charge on any atom is 0.179 e. The number of benzene rings is 1. The van der Waals surface area contributed by atoms with E-state index in [1.165, 1.54) is 31.2 Å². The number of rotatable bonds is 3. The number of hydrogen-bond donors (Lipinski definition) is 1.